The highest BCUT2D eigenvalue weighted by Gasteiger charge is 2.57. The Morgan fingerprint density at radius 3 is 2.55 bits per heavy atom. The molecule has 216 valence electrons. The van der Waals surface area contributed by atoms with E-state index in [1.54, 1.807) is 12.1 Å². The zero-order valence-electron chi connectivity index (χ0n) is 23.8. The lowest BCUT2D eigenvalue weighted by atomic mass is 9.57. The molecule has 3 aliphatic rings. The fourth-order valence-corrected chi connectivity index (χ4v) is 6.76. The van der Waals surface area contributed by atoms with Crippen LogP contribution in [0.5, 0.6) is 5.75 Å². The first-order valence-corrected chi connectivity index (χ1v) is 14.7. The van der Waals surface area contributed by atoms with Gasteiger partial charge in [-0.2, -0.15) is 0 Å². The van der Waals surface area contributed by atoms with Gasteiger partial charge < -0.3 is 19.9 Å². The Morgan fingerprint density at radius 2 is 1.88 bits per heavy atom. The molecule has 0 bridgehead atoms. The molecule has 2 amide bonds. The summed E-state index contributed by atoms with van der Waals surface area (Å²) in [6.45, 7) is 6.61. The predicted octanol–water partition coefficient (Wildman–Crippen LogP) is 5.06. The summed E-state index contributed by atoms with van der Waals surface area (Å²) in [5.41, 5.74) is 4.17. The van der Waals surface area contributed by atoms with Crippen LogP contribution in [0.3, 0.4) is 0 Å². The van der Waals surface area contributed by atoms with Crippen molar-refractivity contribution < 1.29 is 34.3 Å². The van der Waals surface area contributed by atoms with Gasteiger partial charge >= 0.3 is 13.1 Å². The third kappa shape index (κ3) is 6.52. The van der Waals surface area contributed by atoms with E-state index in [1.165, 1.54) is 4.90 Å². The number of aromatic hydroxyl groups is 1. The van der Waals surface area contributed by atoms with Gasteiger partial charge in [0.2, 0.25) is 11.8 Å². The van der Waals surface area contributed by atoms with E-state index >= 15 is 0 Å². The molecule has 1 aromatic rings. The number of benzene rings is 1. The molecule has 4 atom stereocenters. The average molecular weight is 551 g/mol. The summed E-state index contributed by atoms with van der Waals surface area (Å²) < 4.78 is 6.12. The molecule has 1 aliphatic carbocycles. The van der Waals surface area contributed by atoms with Crippen molar-refractivity contribution in [2.24, 2.45) is 23.7 Å². The minimum absolute atomic E-state index is 0.0843. The van der Waals surface area contributed by atoms with Crippen LogP contribution in [0.25, 0.3) is 6.08 Å². The van der Waals surface area contributed by atoms with Gasteiger partial charge in [-0.05, 0) is 68.3 Å². The maximum Gasteiger partial charge on any atom is 0.455 e. The van der Waals surface area contributed by atoms with E-state index in [9.17, 15) is 24.5 Å². The van der Waals surface area contributed by atoms with E-state index in [2.05, 4.69) is 20.8 Å². The standard InChI is InChI=1S/C31H42BNO7/c1-4-20(16-21-10-7-8-11-25(21)34)13-14-26-28-22(19(2)3)17-23-29(24(28)18-32(39)40-26)31(38)33(30(23)37)15-9-5-6-12-27(35)36/h7-8,10-11,16,19,23-24,26,29,34,39H,4-6,9,12-15,17-18H2,1-3H3,(H,35,36)/b20-16+/t23-,24+,26-,29-/m1/s1. The highest BCUT2D eigenvalue weighted by Crippen LogP contribution is 2.52. The third-order valence-corrected chi connectivity index (χ3v) is 8.78. The molecule has 40 heavy (non-hydrogen) atoms. The van der Waals surface area contributed by atoms with E-state index < -0.39 is 24.9 Å². The smallest absolute Gasteiger partial charge is 0.455 e. The third-order valence-electron chi connectivity index (χ3n) is 8.78. The Balaban J connectivity index is 1.54. The van der Waals surface area contributed by atoms with E-state index in [4.69, 9.17) is 9.76 Å². The van der Waals surface area contributed by atoms with E-state index in [0.717, 1.165) is 28.7 Å². The van der Waals surface area contributed by atoms with Crippen LogP contribution in [0.2, 0.25) is 6.32 Å². The molecule has 9 heteroatoms. The van der Waals surface area contributed by atoms with Crippen molar-refractivity contribution in [3.05, 3.63) is 46.5 Å². The molecule has 8 nitrogen and oxygen atoms in total. The van der Waals surface area contributed by atoms with Gasteiger partial charge in [-0.15, -0.1) is 0 Å². The Kier molecular flexibility index (Phi) is 9.90. The lowest BCUT2D eigenvalue weighted by Crippen LogP contribution is -2.46. The van der Waals surface area contributed by atoms with Crippen LogP contribution in [0.4, 0.5) is 0 Å². The first-order chi connectivity index (χ1) is 19.1. The molecular weight excluding hydrogens is 509 g/mol. The molecule has 0 saturated carbocycles. The topological polar surface area (TPSA) is 124 Å². The average Bonchev–Trinajstić information content (AvgIpc) is 3.15. The van der Waals surface area contributed by atoms with Crippen LogP contribution < -0.4 is 0 Å². The number of phenols is 1. The van der Waals surface area contributed by atoms with Crippen LogP contribution in [0, 0.1) is 23.7 Å². The number of carbonyl (C=O) groups excluding carboxylic acids is 2. The fraction of sp³-hybridized carbons (Fsp3) is 0.581. The highest BCUT2D eigenvalue weighted by atomic mass is 16.5. The Bertz CT molecular complexity index is 1180. The summed E-state index contributed by atoms with van der Waals surface area (Å²) in [6.07, 6.45) is 6.48. The monoisotopic (exact) mass is 551 g/mol. The Morgan fingerprint density at radius 1 is 1.12 bits per heavy atom. The van der Waals surface area contributed by atoms with Gasteiger partial charge in [0, 0.05) is 18.5 Å². The second-order valence-corrected chi connectivity index (χ2v) is 11.7. The van der Waals surface area contributed by atoms with Gasteiger partial charge in [0.1, 0.15) is 5.75 Å². The van der Waals surface area contributed by atoms with Gasteiger partial charge in [-0.25, -0.2) is 0 Å². The van der Waals surface area contributed by atoms with Gasteiger partial charge in [0.05, 0.1) is 17.9 Å². The Labute approximate surface area is 237 Å². The van der Waals surface area contributed by atoms with Crippen molar-refractivity contribution in [3.8, 4) is 5.75 Å². The Hall–Kier alpha value is -2.91. The molecule has 2 fully saturated rings. The zero-order chi connectivity index (χ0) is 29.0. The summed E-state index contributed by atoms with van der Waals surface area (Å²) in [4.78, 5) is 39.3. The van der Waals surface area contributed by atoms with E-state index in [0.29, 0.717) is 51.4 Å². The number of para-hydroxylation sites is 1. The number of phenolic OH excluding ortho intramolecular Hbond substituents is 1. The number of amides is 2. The number of imide groups is 1. The van der Waals surface area contributed by atoms with Crippen molar-refractivity contribution in [1.29, 1.82) is 0 Å². The fourth-order valence-electron chi connectivity index (χ4n) is 6.76. The van der Waals surface area contributed by atoms with Gasteiger partial charge in [-0.1, -0.05) is 62.6 Å². The normalized spacial score (nSPS) is 25.1. The minimum atomic E-state index is -1.01. The number of unbranched alkanes of at least 4 members (excludes halogenated alkanes) is 2. The number of aliphatic carboxylic acids is 1. The molecule has 0 aromatic heterocycles. The van der Waals surface area contributed by atoms with Crippen LogP contribution in [0.1, 0.15) is 77.7 Å². The molecule has 0 unspecified atom stereocenters. The largest absolute Gasteiger partial charge is 0.507 e. The maximum atomic E-state index is 13.6. The molecule has 1 aromatic carbocycles. The van der Waals surface area contributed by atoms with Crippen LogP contribution in [0.15, 0.2) is 41.0 Å². The van der Waals surface area contributed by atoms with Gasteiger partial charge in [0.15, 0.2) is 0 Å². The number of fused-ring (bicyclic) bond motifs is 3. The van der Waals surface area contributed by atoms with Crippen LogP contribution >= 0.6 is 0 Å². The molecular formula is C31H42BNO7. The van der Waals surface area contributed by atoms with Gasteiger partial charge in [-0.3, -0.25) is 19.3 Å². The number of hydrogen-bond acceptors (Lipinski definition) is 6. The summed E-state index contributed by atoms with van der Waals surface area (Å²) in [5.74, 6) is -1.89. The predicted molar refractivity (Wildman–Crippen MR) is 153 cm³/mol. The van der Waals surface area contributed by atoms with E-state index in [-0.39, 0.29) is 41.9 Å². The number of carboxylic acids is 1. The molecule has 4 rings (SSSR count). The molecule has 0 spiro atoms. The minimum Gasteiger partial charge on any atom is -0.507 e. The number of allylic oxidation sites excluding steroid dienone is 2. The summed E-state index contributed by atoms with van der Waals surface area (Å²) in [7, 11) is -1.01. The molecule has 2 heterocycles. The molecule has 2 saturated heterocycles. The maximum absolute atomic E-state index is 13.6. The summed E-state index contributed by atoms with van der Waals surface area (Å²) in [6, 6.07) is 7.23. The lowest BCUT2D eigenvalue weighted by Gasteiger charge is -2.44. The zero-order valence-corrected chi connectivity index (χ0v) is 23.8. The molecule has 3 N–H and O–H groups in total. The lowest BCUT2D eigenvalue weighted by molar-refractivity contribution is -0.141. The summed E-state index contributed by atoms with van der Waals surface area (Å²) in [5, 5.41) is 29.9. The van der Waals surface area contributed by atoms with Gasteiger partial charge in [0.25, 0.3) is 0 Å². The summed E-state index contributed by atoms with van der Waals surface area (Å²) >= 11 is 0. The van der Waals surface area contributed by atoms with Crippen molar-refractivity contribution in [2.45, 2.75) is 84.6 Å². The second kappa shape index (κ2) is 13.2. The number of nitrogens with zero attached hydrogens (tertiary/aromatic N) is 1. The van der Waals surface area contributed by atoms with Crippen molar-refractivity contribution in [1.82, 2.24) is 4.90 Å². The molecule has 0 radical (unpaired) electrons. The molecule has 2 aliphatic heterocycles. The number of carboxylic acid groups (broad SMARTS) is 1. The number of hydrogen-bond donors (Lipinski definition) is 3. The van der Waals surface area contributed by atoms with Crippen molar-refractivity contribution in [3.63, 3.8) is 0 Å². The number of likely N-dealkylation sites (tertiary alicyclic amines) is 1. The quantitative estimate of drug-likeness (QED) is 0.144. The van der Waals surface area contributed by atoms with Crippen molar-refractivity contribution >= 4 is 31.0 Å². The number of rotatable bonds is 12. The second-order valence-electron chi connectivity index (χ2n) is 11.7. The van der Waals surface area contributed by atoms with Crippen molar-refractivity contribution in [2.75, 3.05) is 6.54 Å². The van der Waals surface area contributed by atoms with E-state index in [1.807, 2.05) is 18.2 Å². The first-order valence-electron chi connectivity index (χ1n) is 14.7. The first kappa shape index (κ1) is 30.1. The van der Waals surface area contributed by atoms with Crippen LogP contribution in [-0.2, 0) is 19.0 Å². The SMILES string of the molecule is CC/C(=C\c1ccccc1O)CC[C@H]1OB(O)C[C@H]2C1=C(C(C)C)C[C@H]1C(=O)N(CCCCCC(=O)O)C(=O)[C@H]12. The number of carbonyl (C=O) groups is 3. The van der Waals surface area contributed by atoms with Crippen LogP contribution in [-0.4, -0.2) is 57.7 Å². The highest BCUT2D eigenvalue weighted by molar-refractivity contribution is 6.43.